The molecule has 0 aliphatic heterocycles. The third-order valence-corrected chi connectivity index (χ3v) is 3.34. The van der Waals surface area contributed by atoms with Crippen molar-refractivity contribution >= 4 is 34.2 Å². The molecule has 4 heteroatoms. The molecule has 0 N–H and O–H groups in total. The molecule has 0 bridgehead atoms. The lowest BCUT2D eigenvalue weighted by Crippen LogP contribution is -2.03. The van der Waals surface area contributed by atoms with E-state index in [1.165, 1.54) is 6.07 Å². The Labute approximate surface area is 113 Å². The minimum atomic E-state index is -0.135. The van der Waals surface area contributed by atoms with Crippen molar-refractivity contribution in [1.29, 1.82) is 0 Å². The quantitative estimate of drug-likeness (QED) is 0.778. The second kappa shape index (κ2) is 4.30. The van der Waals surface area contributed by atoms with Crippen LogP contribution in [0.25, 0.3) is 11.0 Å². The lowest BCUT2D eigenvalue weighted by Gasteiger charge is -2.07. The molecule has 1 aliphatic carbocycles. The second-order valence-electron chi connectivity index (χ2n) is 4.07. The minimum Gasteiger partial charge on any atom is -0.458 e. The van der Waals surface area contributed by atoms with E-state index < -0.39 is 0 Å². The van der Waals surface area contributed by atoms with Crippen molar-refractivity contribution < 1.29 is 4.42 Å². The first kappa shape index (κ1) is 11.6. The summed E-state index contributed by atoms with van der Waals surface area (Å²) in [5.41, 5.74) is 0.251. The van der Waals surface area contributed by atoms with Gasteiger partial charge in [-0.2, -0.15) is 0 Å². The molecule has 0 spiro atoms. The molecular formula is C14H8Cl2O2. The zero-order valence-corrected chi connectivity index (χ0v) is 10.7. The molecule has 0 atom stereocenters. The molecular weight excluding hydrogens is 271 g/mol. The normalized spacial score (nSPS) is 14.8. The van der Waals surface area contributed by atoms with Gasteiger partial charge >= 0.3 is 0 Å². The van der Waals surface area contributed by atoms with Crippen molar-refractivity contribution in [3.05, 3.63) is 68.5 Å². The molecule has 0 radical (unpaired) electrons. The van der Waals surface area contributed by atoms with Gasteiger partial charge in [0.15, 0.2) is 11.0 Å². The Hall–Kier alpha value is -1.51. The molecule has 2 nitrogen and oxygen atoms in total. The van der Waals surface area contributed by atoms with E-state index in [0.29, 0.717) is 26.8 Å². The Balaban J connectivity index is 2.30. The number of halogens is 2. The average molecular weight is 279 g/mol. The molecule has 0 amide bonds. The standard InChI is InChI=1S/C14H8Cl2O2/c15-9-5-10-12(17)7-13(8-3-1-2-4-8)18-14(10)11(16)6-9/h1-8H. The highest BCUT2D eigenvalue weighted by molar-refractivity contribution is 6.38. The maximum Gasteiger partial charge on any atom is 0.193 e. The summed E-state index contributed by atoms with van der Waals surface area (Å²) in [5.74, 6) is 0.579. The maximum atomic E-state index is 12.0. The van der Waals surface area contributed by atoms with Crippen molar-refractivity contribution in [2.45, 2.75) is 5.92 Å². The first-order valence-electron chi connectivity index (χ1n) is 5.43. The number of rotatable bonds is 1. The van der Waals surface area contributed by atoms with Crippen LogP contribution in [0.1, 0.15) is 11.7 Å². The molecule has 90 valence electrons. The number of hydrogen-bond donors (Lipinski definition) is 0. The van der Waals surface area contributed by atoms with Gasteiger partial charge in [0, 0.05) is 11.1 Å². The van der Waals surface area contributed by atoms with Crippen LogP contribution in [0.4, 0.5) is 0 Å². The predicted molar refractivity (Wildman–Crippen MR) is 73.5 cm³/mol. The zero-order chi connectivity index (χ0) is 12.7. The van der Waals surface area contributed by atoms with Crippen molar-refractivity contribution in [1.82, 2.24) is 0 Å². The van der Waals surface area contributed by atoms with E-state index in [0.717, 1.165) is 0 Å². The Morgan fingerprint density at radius 1 is 1.06 bits per heavy atom. The molecule has 0 saturated carbocycles. The van der Waals surface area contributed by atoms with Gasteiger partial charge in [0.2, 0.25) is 0 Å². The van der Waals surface area contributed by atoms with E-state index in [9.17, 15) is 4.79 Å². The fourth-order valence-electron chi connectivity index (χ4n) is 1.99. The number of fused-ring (bicyclic) bond motifs is 1. The molecule has 0 unspecified atom stereocenters. The third-order valence-electron chi connectivity index (χ3n) is 2.84. The van der Waals surface area contributed by atoms with Gasteiger partial charge < -0.3 is 4.42 Å². The molecule has 1 aliphatic rings. The summed E-state index contributed by atoms with van der Waals surface area (Å²) in [5, 5.41) is 1.18. The predicted octanol–water partition coefficient (Wildman–Crippen LogP) is 4.31. The summed E-state index contributed by atoms with van der Waals surface area (Å²) < 4.78 is 5.72. The zero-order valence-electron chi connectivity index (χ0n) is 9.19. The molecule has 1 aromatic heterocycles. The van der Waals surface area contributed by atoms with Crippen LogP contribution in [0, 0.1) is 0 Å². The first-order chi connectivity index (χ1) is 8.65. The Morgan fingerprint density at radius 2 is 1.78 bits per heavy atom. The van der Waals surface area contributed by atoms with E-state index in [4.69, 9.17) is 27.6 Å². The van der Waals surface area contributed by atoms with Crippen molar-refractivity contribution in [3.63, 3.8) is 0 Å². The number of hydrogen-bond acceptors (Lipinski definition) is 2. The largest absolute Gasteiger partial charge is 0.458 e. The molecule has 2 aromatic rings. The van der Waals surface area contributed by atoms with Gasteiger partial charge in [-0.15, -0.1) is 0 Å². The molecule has 0 fully saturated rings. The summed E-state index contributed by atoms with van der Waals surface area (Å²) in [4.78, 5) is 12.0. The number of benzene rings is 1. The van der Waals surface area contributed by atoms with E-state index in [-0.39, 0.29) is 11.3 Å². The third kappa shape index (κ3) is 1.88. The second-order valence-corrected chi connectivity index (χ2v) is 4.92. The van der Waals surface area contributed by atoms with Crippen LogP contribution in [0.3, 0.4) is 0 Å². The Morgan fingerprint density at radius 3 is 2.50 bits per heavy atom. The Kier molecular flexibility index (Phi) is 2.77. The first-order valence-corrected chi connectivity index (χ1v) is 6.18. The van der Waals surface area contributed by atoms with Crippen LogP contribution in [-0.2, 0) is 0 Å². The van der Waals surface area contributed by atoms with Crippen molar-refractivity contribution in [2.75, 3.05) is 0 Å². The van der Waals surface area contributed by atoms with Crippen LogP contribution >= 0.6 is 23.2 Å². The van der Waals surface area contributed by atoms with Gasteiger partial charge in [-0.25, -0.2) is 0 Å². The van der Waals surface area contributed by atoms with Gasteiger partial charge in [0.05, 0.1) is 16.3 Å². The fourth-order valence-corrected chi connectivity index (χ4v) is 2.52. The molecule has 1 heterocycles. The van der Waals surface area contributed by atoms with Gasteiger partial charge in [-0.05, 0) is 12.1 Å². The van der Waals surface area contributed by atoms with E-state index >= 15 is 0 Å². The lowest BCUT2D eigenvalue weighted by molar-refractivity contribution is 0.537. The Bertz CT molecular complexity index is 729. The van der Waals surface area contributed by atoms with Crippen LogP contribution < -0.4 is 5.43 Å². The SMILES string of the molecule is O=c1cc(C2C=CC=C2)oc2c(Cl)cc(Cl)cc12. The highest BCUT2D eigenvalue weighted by Gasteiger charge is 2.15. The van der Waals surface area contributed by atoms with Crippen LogP contribution in [0.2, 0.25) is 10.0 Å². The molecule has 3 rings (SSSR count). The van der Waals surface area contributed by atoms with Gasteiger partial charge in [0.25, 0.3) is 0 Å². The van der Waals surface area contributed by atoms with Gasteiger partial charge in [0.1, 0.15) is 5.76 Å². The van der Waals surface area contributed by atoms with Crippen LogP contribution in [0.5, 0.6) is 0 Å². The highest BCUT2D eigenvalue weighted by atomic mass is 35.5. The number of allylic oxidation sites excluding steroid dienone is 4. The average Bonchev–Trinajstić information content (AvgIpc) is 2.83. The summed E-state index contributed by atoms with van der Waals surface area (Å²) in [6, 6.07) is 4.62. The topological polar surface area (TPSA) is 30.2 Å². The molecule has 1 aromatic carbocycles. The van der Waals surface area contributed by atoms with Crippen LogP contribution in [-0.4, -0.2) is 0 Å². The van der Waals surface area contributed by atoms with Crippen molar-refractivity contribution in [2.24, 2.45) is 0 Å². The monoisotopic (exact) mass is 278 g/mol. The summed E-state index contributed by atoms with van der Waals surface area (Å²) in [7, 11) is 0. The van der Waals surface area contributed by atoms with Crippen molar-refractivity contribution in [3.8, 4) is 0 Å². The molecule has 0 saturated heterocycles. The summed E-state index contributed by atoms with van der Waals surface area (Å²) in [6.07, 6.45) is 7.73. The lowest BCUT2D eigenvalue weighted by atomic mass is 10.1. The minimum absolute atomic E-state index is 0.00570. The molecule has 18 heavy (non-hydrogen) atoms. The highest BCUT2D eigenvalue weighted by Crippen LogP contribution is 2.30. The van der Waals surface area contributed by atoms with Gasteiger partial charge in [-0.3, -0.25) is 4.79 Å². The van der Waals surface area contributed by atoms with Crippen LogP contribution in [0.15, 0.2) is 51.7 Å². The summed E-state index contributed by atoms with van der Waals surface area (Å²) in [6.45, 7) is 0. The van der Waals surface area contributed by atoms with Gasteiger partial charge in [-0.1, -0.05) is 47.5 Å². The van der Waals surface area contributed by atoms with E-state index in [1.807, 2.05) is 24.3 Å². The fraction of sp³-hybridized carbons (Fsp3) is 0.0714. The summed E-state index contributed by atoms with van der Waals surface area (Å²) >= 11 is 11.9. The smallest absolute Gasteiger partial charge is 0.193 e. The maximum absolute atomic E-state index is 12.0. The van der Waals surface area contributed by atoms with E-state index in [2.05, 4.69) is 0 Å². The van der Waals surface area contributed by atoms with E-state index in [1.54, 1.807) is 12.1 Å².